The second-order valence-corrected chi connectivity index (χ2v) is 7.45. The Labute approximate surface area is 181 Å². The zero-order chi connectivity index (χ0) is 22.4. The molecular weight excluding hydrogens is 408 g/mol. The number of rotatable bonds is 4. The Balaban J connectivity index is 1.74. The van der Waals surface area contributed by atoms with Crippen LogP contribution in [-0.2, 0) is 0 Å². The van der Waals surface area contributed by atoms with Crippen LogP contribution in [0.3, 0.4) is 0 Å². The lowest BCUT2D eigenvalue weighted by Gasteiger charge is -2.11. The predicted octanol–water partition coefficient (Wildman–Crippen LogP) is 4.33. The van der Waals surface area contributed by atoms with Gasteiger partial charge in [0, 0.05) is 11.6 Å². The monoisotopic (exact) mass is 426 g/mol. The number of aryl methyl sites for hydroxylation is 2. The molecule has 0 bridgehead atoms. The summed E-state index contributed by atoms with van der Waals surface area (Å²) in [5.41, 5.74) is 4.85. The normalized spacial score (nSPS) is 11.2. The average molecular weight is 426 g/mol. The molecule has 0 unspecified atom stereocenters. The number of aromatic amines is 1. The van der Waals surface area contributed by atoms with Crippen LogP contribution in [0.5, 0.6) is 0 Å². The van der Waals surface area contributed by atoms with Crippen molar-refractivity contribution >= 4 is 11.6 Å². The standard InChI is InChI=1S/C24H18N4O4/c1-13-20(14(2)32-27-13)16-8-10-17(11-9-16)22-21(15-6-4-3-5-7-15)23(29)28-19(25-22)12-18(26-28)24(30)31/h3-12,25H,1-2H3,(H,30,31). The van der Waals surface area contributed by atoms with Gasteiger partial charge in [0.2, 0.25) is 0 Å². The van der Waals surface area contributed by atoms with Crippen molar-refractivity contribution in [2.24, 2.45) is 0 Å². The minimum absolute atomic E-state index is 0.205. The van der Waals surface area contributed by atoms with Gasteiger partial charge in [-0.05, 0) is 30.5 Å². The number of carboxylic acids is 1. The molecule has 5 aromatic rings. The zero-order valence-corrected chi connectivity index (χ0v) is 17.3. The number of benzene rings is 2. The Bertz CT molecular complexity index is 1510. The smallest absolute Gasteiger partial charge is 0.356 e. The van der Waals surface area contributed by atoms with Gasteiger partial charge < -0.3 is 14.6 Å². The van der Waals surface area contributed by atoms with Gasteiger partial charge in [0.05, 0.1) is 17.0 Å². The number of aromatic carboxylic acids is 1. The number of H-pyrrole nitrogens is 1. The van der Waals surface area contributed by atoms with Crippen LogP contribution in [0.2, 0.25) is 0 Å². The molecule has 0 fully saturated rings. The first-order valence-electron chi connectivity index (χ1n) is 9.92. The molecule has 0 atom stereocenters. The lowest BCUT2D eigenvalue weighted by molar-refractivity contribution is 0.0690. The molecule has 0 aliphatic rings. The fraction of sp³-hybridized carbons (Fsp3) is 0.0833. The fourth-order valence-corrected chi connectivity index (χ4v) is 3.92. The molecule has 3 aromatic heterocycles. The van der Waals surface area contributed by atoms with E-state index in [1.165, 1.54) is 6.07 Å². The van der Waals surface area contributed by atoms with Crippen molar-refractivity contribution in [1.29, 1.82) is 0 Å². The van der Waals surface area contributed by atoms with E-state index in [0.29, 0.717) is 22.5 Å². The number of nitrogens with one attached hydrogen (secondary N) is 1. The number of hydrogen-bond acceptors (Lipinski definition) is 5. The molecule has 0 radical (unpaired) electrons. The molecule has 0 saturated carbocycles. The Morgan fingerprint density at radius 1 is 0.969 bits per heavy atom. The number of aromatic nitrogens is 4. The Morgan fingerprint density at radius 3 is 2.25 bits per heavy atom. The molecule has 158 valence electrons. The summed E-state index contributed by atoms with van der Waals surface area (Å²) in [5.74, 6) is -0.469. The van der Waals surface area contributed by atoms with E-state index in [0.717, 1.165) is 32.7 Å². The molecule has 2 N–H and O–H groups in total. The summed E-state index contributed by atoms with van der Waals surface area (Å²) in [6.45, 7) is 3.75. The SMILES string of the molecule is Cc1noc(C)c1-c1ccc(-c2[nH]c3cc(C(=O)O)nn3c(=O)c2-c2ccccc2)cc1. The fourth-order valence-electron chi connectivity index (χ4n) is 3.92. The van der Waals surface area contributed by atoms with Crippen LogP contribution in [0, 0.1) is 13.8 Å². The van der Waals surface area contributed by atoms with E-state index in [-0.39, 0.29) is 5.69 Å². The van der Waals surface area contributed by atoms with Gasteiger partial charge in [0.1, 0.15) is 11.4 Å². The highest BCUT2D eigenvalue weighted by Crippen LogP contribution is 2.32. The molecule has 0 aliphatic carbocycles. The number of carboxylic acid groups (broad SMARTS) is 1. The number of carbonyl (C=O) groups is 1. The average Bonchev–Trinajstić information content (AvgIpc) is 3.38. The third-order valence-corrected chi connectivity index (χ3v) is 5.40. The van der Waals surface area contributed by atoms with Crippen LogP contribution in [0.1, 0.15) is 21.9 Å². The molecule has 0 spiro atoms. The van der Waals surface area contributed by atoms with Gasteiger partial charge in [-0.1, -0.05) is 59.8 Å². The lowest BCUT2D eigenvalue weighted by atomic mass is 9.97. The largest absolute Gasteiger partial charge is 0.476 e. The Kier molecular flexibility index (Phi) is 4.48. The first-order chi connectivity index (χ1) is 15.4. The van der Waals surface area contributed by atoms with E-state index < -0.39 is 11.5 Å². The van der Waals surface area contributed by atoms with Crippen LogP contribution in [0.4, 0.5) is 0 Å². The minimum Gasteiger partial charge on any atom is -0.476 e. The van der Waals surface area contributed by atoms with E-state index in [1.54, 1.807) is 0 Å². The van der Waals surface area contributed by atoms with Crippen molar-refractivity contribution in [2.75, 3.05) is 0 Å². The van der Waals surface area contributed by atoms with Crippen molar-refractivity contribution in [3.8, 4) is 33.5 Å². The maximum absolute atomic E-state index is 13.4. The van der Waals surface area contributed by atoms with Gasteiger partial charge in [-0.2, -0.15) is 9.61 Å². The van der Waals surface area contributed by atoms with Crippen molar-refractivity contribution in [3.05, 3.63) is 88.2 Å². The summed E-state index contributed by atoms with van der Waals surface area (Å²) in [4.78, 5) is 28.0. The van der Waals surface area contributed by atoms with E-state index in [1.807, 2.05) is 68.4 Å². The summed E-state index contributed by atoms with van der Waals surface area (Å²) in [6.07, 6.45) is 0. The van der Waals surface area contributed by atoms with Crippen LogP contribution < -0.4 is 5.56 Å². The maximum Gasteiger partial charge on any atom is 0.356 e. The van der Waals surface area contributed by atoms with Crippen molar-refractivity contribution in [3.63, 3.8) is 0 Å². The molecule has 2 aromatic carbocycles. The minimum atomic E-state index is -1.20. The summed E-state index contributed by atoms with van der Waals surface area (Å²) >= 11 is 0. The first-order valence-corrected chi connectivity index (χ1v) is 9.92. The molecule has 8 heteroatoms. The molecule has 3 heterocycles. The first kappa shape index (κ1) is 19.5. The highest BCUT2D eigenvalue weighted by molar-refractivity contribution is 5.88. The molecule has 0 saturated heterocycles. The van der Waals surface area contributed by atoms with Crippen LogP contribution in [-0.4, -0.2) is 30.8 Å². The second kappa shape index (κ2) is 7.35. The highest BCUT2D eigenvalue weighted by atomic mass is 16.5. The predicted molar refractivity (Wildman–Crippen MR) is 119 cm³/mol. The Morgan fingerprint density at radius 2 is 1.62 bits per heavy atom. The lowest BCUT2D eigenvalue weighted by Crippen LogP contribution is -2.19. The number of fused-ring (bicyclic) bond motifs is 1. The van der Waals surface area contributed by atoms with Crippen LogP contribution >= 0.6 is 0 Å². The summed E-state index contributed by atoms with van der Waals surface area (Å²) < 4.78 is 6.36. The molecule has 32 heavy (non-hydrogen) atoms. The second-order valence-electron chi connectivity index (χ2n) is 7.45. The van der Waals surface area contributed by atoms with Crippen molar-refractivity contribution in [1.82, 2.24) is 19.8 Å². The van der Waals surface area contributed by atoms with Gasteiger partial charge in [-0.25, -0.2) is 4.79 Å². The van der Waals surface area contributed by atoms with Gasteiger partial charge in [0.25, 0.3) is 5.56 Å². The summed E-state index contributed by atoms with van der Waals surface area (Å²) in [7, 11) is 0. The van der Waals surface area contributed by atoms with E-state index in [9.17, 15) is 14.7 Å². The van der Waals surface area contributed by atoms with Gasteiger partial charge in [0.15, 0.2) is 5.69 Å². The van der Waals surface area contributed by atoms with Gasteiger partial charge >= 0.3 is 5.97 Å². The summed E-state index contributed by atoms with van der Waals surface area (Å²) in [6, 6.07) is 18.3. The van der Waals surface area contributed by atoms with E-state index >= 15 is 0 Å². The Hall–Kier alpha value is -4.46. The maximum atomic E-state index is 13.4. The zero-order valence-electron chi connectivity index (χ0n) is 17.3. The van der Waals surface area contributed by atoms with Gasteiger partial charge in [-0.15, -0.1) is 0 Å². The number of nitrogens with zero attached hydrogens (tertiary/aromatic N) is 3. The topological polar surface area (TPSA) is 113 Å². The van der Waals surface area contributed by atoms with E-state index in [4.69, 9.17) is 4.52 Å². The third kappa shape index (κ3) is 3.09. The molecule has 5 rings (SSSR count). The molecule has 0 aliphatic heterocycles. The highest BCUT2D eigenvalue weighted by Gasteiger charge is 2.19. The number of hydrogen-bond donors (Lipinski definition) is 2. The van der Waals surface area contributed by atoms with Crippen LogP contribution in [0.15, 0.2) is 70.0 Å². The third-order valence-electron chi connectivity index (χ3n) is 5.40. The molecule has 8 nitrogen and oxygen atoms in total. The quantitative estimate of drug-likeness (QED) is 0.442. The molecular formula is C24H18N4O4. The van der Waals surface area contributed by atoms with Crippen LogP contribution in [0.25, 0.3) is 39.2 Å². The van der Waals surface area contributed by atoms with Crippen molar-refractivity contribution < 1.29 is 14.4 Å². The van der Waals surface area contributed by atoms with Gasteiger partial charge in [-0.3, -0.25) is 4.79 Å². The summed E-state index contributed by atoms with van der Waals surface area (Å²) in [5, 5.41) is 17.3. The van der Waals surface area contributed by atoms with Crippen molar-refractivity contribution in [2.45, 2.75) is 13.8 Å². The van der Waals surface area contributed by atoms with E-state index in [2.05, 4.69) is 15.2 Å². The molecule has 0 amide bonds.